The van der Waals surface area contributed by atoms with Crippen molar-refractivity contribution in [3.63, 3.8) is 0 Å². The molecule has 0 saturated heterocycles. The number of carbonyl (C=O) groups is 2. The normalized spacial score (nSPS) is 12.2. The molecule has 8 nitrogen and oxygen atoms in total. The van der Waals surface area contributed by atoms with Gasteiger partial charge < -0.3 is 14.8 Å². The van der Waals surface area contributed by atoms with Crippen LogP contribution in [0, 0.1) is 17.0 Å². The minimum atomic E-state index is -0.655. The third kappa shape index (κ3) is 4.91. The fourth-order valence-corrected chi connectivity index (χ4v) is 4.30. The summed E-state index contributed by atoms with van der Waals surface area (Å²) in [5.74, 6) is -0.689. The van der Waals surface area contributed by atoms with Crippen LogP contribution in [0.25, 0.3) is 17.2 Å². The van der Waals surface area contributed by atoms with Crippen LogP contribution in [0.4, 0.5) is 10.5 Å². The van der Waals surface area contributed by atoms with Gasteiger partial charge in [0.25, 0.3) is 5.69 Å². The summed E-state index contributed by atoms with van der Waals surface area (Å²) < 4.78 is 10.2. The molecular weight excluding hydrogens is 448 g/mol. The Morgan fingerprint density at radius 2 is 1.69 bits per heavy atom. The number of benzene rings is 3. The molecule has 1 aliphatic rings. The van der Waals surface area contributed by atoms with Gasteiger partial charge in [-0.25, -0.2) is 9.59 Å². The first-order chi connectivity index (χ1) is 16.9. The number of nitrogens with zero attached hydrogens (tertiary/aromatic N) is 1. The van der Waals surface area contributed by atoms with Crippen molar-refractivity contribution in [2.75, 3.05) is 20.3 Å². The summed E-state index contributed by atoms with van der Waals surface area (Å²) in [5.41, 5.74) is 5.48. The number of methoxy groups -OCH3 is 1. The molecule has 3 aromatic rings. The number of nitrogens with one attached hydrogen (secondary N) is 1. The van der Waals surface area contributed by atoms with E-state index in [1.54, 1.807) is 19.1 Å². The Balaban J connectivity index is 1.38. The number of amides is 1. The summed E-state index contributed by atoms with van der Waals surface area (Å²) >= 11 is 0. The molecule has 0 radical (unpaired) electrons. The van der Waals surface area contributed by atoms with Crippen molar-refractivity contribution in [2.45, 2.75) is 12.8 Å². The summed E-state index contributed by atoms with van der Waals surface area (Å²) in [6.07, 6.45) is 2.68. The second-order valence-electron chi connectivity index (χ2n) is 8.07. The summed E-state index contributed by atoms with van der Waals surface area (Å²) in [6, 6.07) is 18.7. The van der Waals surface area contributed by atoms with Crippen molar-refractivity contribution in [1.29, 1.82) is 0 Å². The Labute approximate surface area is 202 Å². The van der Waals surface area contributed by atoms with Gasteiger partial charge in [-0.2, -0.15) is 0 Å². The van der Waals surface area contributed by atoms with Gasteiger partial charge in [-0.15, -0.1) is 0 Å². The first-order valence-corrected chi connectivity index (χ1v) is 11.0. The molecule has 0 spiro atoms. The first kappa shape index (κ1) is 23.7. The Bertz CT molecular complexity index is 1290. The molecule has 1 aliphatic carbocycles. The highest BCUT2D eigenvalue weighted by atomic mass is 16.6. The predicted molar refractivity (Wildman–Crippen MR) is 131 cm³/mol. The largest absolute Gasteiger partial charge is 0.465 e. The SMILES string of the molecule is COC(=O)c1cc([N+](=O)[O-])cc(C=CCNC(=O)OCC2c3ccccc3-c3ccccc32)c1C. The van der Waals surface area contributed by atoms with Gasteiger partial charge in [0.2, 0.25) is 0 Å². The number of non-ortho nitro benzene ring substituents is 1. The predicted octanol–water partition coefficient (Wildman–Crippen LogP) is 5.24. The van der Waals surface area contributed by atoms with Gasteiger partial charge in [0, 0.05) is 24.6 Å². The fraction of sp³-hybridized carbons (Fsp3) is 0.185. The maximum Gasteiger partial charge on any atom is 0.407 e. The molecule has 0 heterocycles. The lowest BCUT2D eigenvalue weighted by molar-refractivity contribution is -0.384. The van der Waals surface area contributed by atoms with E-state index in [0.717, 1.165) is 22.3 Å². The molecule has 8 heteroatoms. The number of fused-ring (bicyclic) bond motifs is 3. The number of esters is 1. The molecule has 1 N–H and O–H groups in total. The summed E-state index contributed by atoms with van der Waals surface area (Å²) in [7, 11) is 1.22. The monoisotopic (exact) mass is 472 g/mol. The highest BCUT2D eigenvalue weighted by molar-refractivity contribution is 5.93. The summed E-state index contributed by atoms with van der Waals surface area (Å²) in [6.45, 7) is 2.02. The molecule has 0 unspecified atom stereocenters. The van der Waals surface area contributed by atoms with Gasteiger partial charge in [0.05, 0.1) is 17.6 Å². The highest BCUT2D eigenvalue weighted by Gasteiger charge is 2.28. The lowest BCUT2D eigenvalue weighted by Gasteiger charge is -2.14. The lowest BCUT2D eigenvalue weighted by atomic mass is 9.98. The van der Waals surface area contributed by atoms with Gasteiger partial charge in [0.15, 0.2) is 0 Å². The summed E-state index contributed by atoms with van der Waals surface area (Å²) in [5, 5.41) is 13.9. The van der Waals surface area contributed by atoms with E-state index < -0.39 is 17.0 Å². The Kier molecular flexibility index (Phi) is 6.91. The molecule has 0 saturated carbocycles. The van der Waals surface area contributed by atoms with Crippen molar-refractivity contribution >= 4 is 23.8 Å². The van der Waals surface area contributed by atoms with Crippen molar-refractivity contribution in [3.05, 3.63) is 105 Å². The second-order valence-corrected chi connectivity index (χ2v) is 8.07. The number of hydrogen-bond donors (Lipinski definition) is 1. The van der Waals surface area contributed by atoms with E-state index in [1.165, 1.54) is 19.2 Å². The minimum absolute atomic E-state index is 0.0343. The van der Waals surface area contributed by atoms with E-state index >= 15 is 0 Å². The maximum absolute atomic E-state index is 12.3. The van der Waals surface area contributed by atoms with Crippen molar-refractivity contribution in [1.82, 2.24) is 5.32 Å². The van der Waals surface area contributed by atoms with Gasteiger partial charge in [-0.3, -0.25) is 10.1 Å². The van der Waals surface area contributed by atoms with Crippen molar-refractivity contribution in [3.8, 4) is 11.1 Å². The molecule has 3 aromatic carbocycles. The Morgan fingerprint density at radius 1 is 1.06 bits per heavy atom. The van der Waals surface area contributed by atoms with Crippen LogP contribution in [0.1, 0.15) is 38.5 Å². The van der Waals surface area contributed by atoms with Crippen LogP contribution < -0.4 is 5.32 Å². The van der Waals surface area contributed by atoms with Crippen molar-refractivity contribution < 1.29 is 24.0 Å². The zero-order valence-corrected chi connectivity index (χ0v) is 19.3. The van der Waals surface area contributed by atoms with Crippen LogP contribution in [0.3, 0.4) is 0 Å². The average molecular weight is 472 g/mol. The number of ether oxygens (including phenoxy) is 2. The zero-order chi connectivity index (χ0) is 24.9. The van der Waals surface area contributed by atoms with Crippen LogP contribution in [0.15, 0.2) is 66.7 Å². The number of nitro groups is 1. The standard InChI is InChI=1S/C27H24N2O6/c1-17-18(14-19(29(32)33)15-24(17)26(30)34-2)8-7-13-28-27(31)35-16-25-22-11-5-3-9-20(22)21-10-4-6-12-23(21)25/h3-12,14-15,25H,13,16H2,1-2H3,(H,28,31). The van der Waals surface area contributed by atoms with Gasteiger partial charge in [-0.05, 0) is 40.3 Å². The highest BCUT2D eigenvalue weighted by Crippen LogP contribution is 2.44. The van der Waals surface area contributed by atoms with Gasteiger partial charge in [0.1, 0.15) is 6.61 Å². The van der Waals surface area contributed by atoms with Crippen LogP contribution >= 0.6 is 0 Å². The van der Waals surface area contributed by atoms with Gasteiger partial charge >= 0.3 is 12.1 Å². The average Bonchev–Trinajstić information content (AvgIpc) is 3.19. The molecule has 0 atom stereocenters. The van der Waals surface area contributed by atoms with E-state index in [9.17, 15) is 19.7 Å². The molecule has 1 amide bonds. The zero-order valence-electron chi connectivity index (χ0n) is 19.3. The quantitative estimate of drug-likeness (QED) is 0.286. The molecule has 178 valence electrons. The van der Waals surface area contributed by atoms with Crippen molar-refractivity contribution in [2.24, 2.45) is 0 Å². The molecule has 0 aromatic heterocycles. The molecule has 0 bridgehead atoms. The third-order valence-corrected chi connectivity index (χ3v) is 6.05. The Morgan fingerprint density at radius 3 is 2.29 bits per heavy atom. The number of alkyl carbamates (subject to hydrolysis) is 1. The van der Waals surface area contributed by atoms with E-state index in [-0.39, 0.29) is 30.3 Å². The Hall–Kier alpha value is -4.46. The fourth-order valence-electron chi connectivity index (χ4n) is 4.30. The van der Waals surface area contributed by atoms with E-state index in [0.29, 0.717) is 11.1 Å². The first-order valence-electron chi connectivity index (χ1n) is 11.0. The third-order valence-electron chi connectivity index (χ3n) is 6.05. The lowest BCUT2D eigenvalue weighted by Crippen LogP contribution is -2.26. The number of hydrogen-bond acceptors (Lipinski definition) is 6. The van der Waals surface area contributed by atoms with E-state index in [2.05, 4.69) is 17.4 Å². The molecule has 0 aliphatic heterocycles. The topological polar surface area (TPSA) is 108 Å². The molecule has 35 heavy (non-hydrogen) atoms. The van der Waals surface area contributed by atoms with Crippen LogP contribution in [-0.4, -0.2) is 37.2 Å². The number of carbonyl (C=O) groups excluding carboxylic acids is 2. The van der Waals surface area contributed by atoms with Crippen LogP contribution in [0.2, 0.25) is 0 Å². The molecule has 4 rings (SSSR count). The molecule has 0 fully saturated rings. The van der Waals surface area contributed by atoms with E-state index in [1.807, 2.05) is 36.4 Å². The minimum Gasteiger partial charge on any atom is -0.465 e. The van der Waals surface area contributed by atoms with Gasteiger partial charge in [-0.1, -0.05) is 60.7 Å². The maximum atomic E-state index is 12.3. The number of nitro benzene ring substituents is 1. The van der Waals surface area contributed by atoms with Crippen LogP contribution in [-0.2, 0) is 9.47 Å². The number of rotatable bonds is 7. The smallest absolute Gasteiger partial charge is 0.407 e. The van der Waals surface area contributed by atoms with Crippen LogP contribution in [0.5, 0.6) is 0 Å². The second kappa shape index (κ2) is 10.2. The van der Waals surface area contributed by atoms with E-state index in [4.69, 9.17) is 9.47 Å². The molecular formula is C27H24N2O6. The summed E-state index contributed by atoms with van der Waals surface area (Å²) in [4.78, 5) is 34.9.